The Morgan fingerprint density at radius 2 is 2.00 bits per heavy atom. The van der Waals surface area contributed by atoms with E-state index in [1.807, 2.05) is 32.0 Å². The average molecular weight is 282 g/mol. The fourth-order valence-corrected chi connectivity index (χ4v) is 2.83. The quantitative estimate of drug-likeness (QED) is 0.889. The third-order valence-electron chi connectivity index (χ3n) is 3.96. The van der Waals surface area contributed by atoms with Crippen LogP contribution in [0.4, 0.5) is 5.69 Å². The molecular weight excluding hydrogens is 264 g/mol. The third-order valence-corrected chi connectivity index (χ3v) is 3.96. The lowest BCUT2D eigenvalue weighted by molar-refractivity contribution is 0.102. The van der Waals surface area contributed by atoms with Crippen LogP contribution in [0.25, 0.3) is 0 Å². The minimum absolute atomic E-state index is 0.190. The summed E-state index contributed by atoms with van der Waals surface area (Å²) < 4.78 is 0. The Balaban J connectivity index is 1.91. The lowest BCUT2D eigenvalue weighted by atomic mass is 10.1. The summed E-state index contributed by atoms with van der Waals surface area (Å²) in [5, 5.41) is 2.83. The number of aromatic nitrogens is 1. The minimum atomic E-state index is -0.349. The molecule has 1 aliphatic rings. The van der Waals surface area contributed by atoms with Crippen LogP contribution in [0.1, 0.15) is 39.2 Å². The van der Waals surface area contributed by atoms with Crippen molar-refractivity contribution >= 4 is 11.6 Å². The highest BCUT2D eigenvalue weighted by molar-refractivity contribution is 6.04. The van der Waals surface area contributed by atoms with Gasteiger partial charge >= 0.3 is 0 Å². The van der Waals surface area contributed by atoms with Crippen molar-refractivity contribution in [2.24, 2.45) is 0 Å². The summed E-state index contributed by atoms with van der Waals surface area (Å²) in [6, 6.07) is 7.54. The smallest absolute Gasteiger partial charge is 0.261 e. The molecule has 0 fully saturated rings. The predicted molar refractivity (Wildman–Crippen MR) is 83.0 cm³/mol. The molecular formula is C17H18N2O2. The van der Waals surface area contributed by atoms with Crippen molar-refractivity contribution in [3.05, 3.63) is 62.6 Å². The molecule has 3 rings (SSSR count). The first-order valence-corrected chi connectivity index (χ1v) is 7.18. The molecule has 108 valence electrons. The zero-order valence-corrected chi connectivity index (χ0v) is 12.2. The number of H-pyrrole nitrogens is 1. The van der Waals surface area contributed by atoms with Crippen molar-refractivity contribution in [3.8, 4) is 0 Å². The number of anilines is 1. The van der Waals surface area contributed by atoms with Gasteiger partial charge in [0.25, 0.3) is 11.5 Å². The molecule has 4 nitrogen and oxygen atoms in total. The number of aryl methyl sites for hydroxylation is 4. The van der Waals surface area contributed by atoms with Crippen LogP contribution in [-0.4, -0.2) is 10.9 Å². The van der Waals surface area contributed by atoms with E-state index in [-0.39, 0.29) is 17.0 Å². The Bertz CT molecular complexity index is 775. The Kier molecular flexibility index (Phi) is 3.37. The van der Waals surface area contributed by atoms with Crippen LogP contribution in [0.2, 0.25) is 0 Å². The molecule has 1 aliphatic carbocycles. The Labute approximate surface area is 123 Å². The average Bonchev–Trinajstić information content (AvgIpc) is 2.88. The summed E-state index contributed by atoms with van der Waals surface area (Å²) in [6.45, 7) is 3.94. The lowest BCUT2D eigenvalue weighted by Crippen LogP contribution is -2.24. The fourth-order valence-electron chi connectivity index (χ4n) is 2.83. The van der Waals surface area contributed by atoms with E-state index in [0.717, 1.165) is 47.3 Å². The van der Waals surface area contributed by atoms with Crippen molar-refractivity contribution in [1.29, 1.82) is 0 Å². The maximum Gasteiger partial charge on any atom is 0.261 e. The van der Waals surface area contributed by atoms with E-state index in [4.69, 9.17) is 0 Å². The topological polar surface area (TPSA) is 62.0 Å². The lowest BCUT2D eigenvalue weighted by Gasteiger charge is -2.09. The highest BCUT2D eigenvalue weighted by Crippen LogP contribution is 2.20. The molecule has 1 heterocycles. The fraction of sp³-hybridized carbons (Fsp3) is 0.294. The molecule has 2 N–H and O–H groups in total. The number of nitrogens with one attached hydrogen (secondary N) is 2. The molecule has 0 saturated carbocycles. The molecule has 2 aromatic rings. The molecule has 21 heavy (non-hydrogen) atoms. The van der Waals surface area contributed by atoms with Crippen LogP contribution in [-0.2, 0) is 12.8 Å². The largest absolute Gasteiger partial charge is 0.325 e. The van der Waals surface area contributed by atoms with E-state index in [0.29, 0.717) is 0 Å². The molecule has 0 bridgehead atoms. The molecule has 1 aromatic carbocycles. The summed E-state index contributed by atoms with van der Waals surface area (Å²) in [5.41, 5.74) is 4.81. The first-order valence-electron chi connectivity index (χ1n) is 7.18. The number of fused-ring (bicyclic) bond motifs is 1. The van der Waals surface area contributed by atoms with Crippen molar-refractivity contribution < 1.29 is 4.79 Å². The zero-order chi connectivity index (χ0) is 15.0. The van der Waals surface area contributed by atoms with Gasteiger partial charge in [0.05, 0.1) is 0 Å². The Morgan fingerprint density at radius 3 is 2.76 bits per heavy atom. The normalized spacial score (nSPS) is 13.0. The Morgan fingerprint density at radius 1 is 1.19 bits per heavy atom. The van der Waals surface area contributed by atoms with E-state index < -0.39 is 0 Å². The summed E-state index contributed by atoms with van der Waals surface area (Å²) in [7, 11) is 0. The number of rotatable bonds is 2. The highest BCUT2D eigenvalue weighted by Gasteiger charge is 2.18. The van der Waals surface area contributed by atoms with E-state index in [1.165, 1.54) is 0 Å². The summed E-state index contributed by atoms with van der Waals surface area (Å²) in [4.78, 5) is 27.2. The second-order valence-electron chi connectivity index (χ2n) is 5.64. The van der Waals surface area contributed by atoms with Gasteiger partial charge in [-0.05, 0) is 56.4 Å². The number of aromatic amines is 1. The van der Waals surface area contributed by atoms with Crippen molar-refractivity contribution in [2.75, 3.05) is 5.32 Å². The first-order chi connectivity index (χ1) is 10.0. The van der Waals surface area contributed by atoms with Gasteiger partial charge in [0, 0.05) is 11.4 Å². The molecule has 0 aliphatic heterocycles. The van der Waals surface area contributed by atoms with Gasteiger partial charge in [0.15, 0.2) is 0 Å². The second kappa shape index (κ2) is 5.20. The molecule has 0 saturated heterocycles. The van der Waals surface area contributed by atoms with Gasteiger partial charge < -0.3 is 10.3 Å². The van der Waals surface area contributed by atoms with Gasteiger partial charge in [-0.3, -0.25) is 9.59 Å². The third kappa shape index (κ3) is 2.61. The maximum absolute atomic E-state index is 12.3. The molecule has 1 aromatic heterocycles. The number of hydrogen-bond donors (Lipinski definition) is 2. The number of amides is 1. The zero-order valence-electron chi connectivity index (χ0n) is 12.2. The summed E-state index contributed by atoms with van der Waals surface area (Å²) in [5.74, 6) is -0.349. The van der Waals surface area contributed by atoms with Crippen LogP contribution >= 0.6 is 0 Å². The second-order valence-corrected chi connectivity index (χ2v) is 5.64. The van der Waals surface area contributed by atoms with Crippen molar-refractivity contribution in [3.63, 3.8) is 0 Å². The van der Waals surface area contributed by atoms with Gasteiger partial charge in [-0.2, -0.15) is 0 Å². The van der Waals surface area contributed by atoms with E-state index >= 15 is 0 Å². The van der Waals surface area contributed by atoms with Crippen LogP contribution < -0.4 is 10.9 Å². The number of pyridine rings is 1. The van der Waals surface area contributed by atoms with Crippen LogP contribution in [0.5, 0.6) is 0 Å². The maximum atomic E-state index is 12.3. The predicted octanol–water partition coefficient (Wildman–Crippen LogP) is 2.73. The molecule has 4 heteroatoms. The van der Waals surface area contributed by atoms with E-state index in [9.17, 15) is 9.59 Å². The summed E-state index contributed by atoms with van der Waals surface area (Å²) in [6.07, 6.45) is 2.85. The number of carbonyl (C=O) groups excluding carboxylic acids is 1. The molecule has 0 unspecified atom stereocenters. The Hall–Kier alpha value is -2.36. The first kappa shape index (κ1) is 13.6. The van der Waals surface area contributed by atoms with Crippen LogP contribution in [0.3, 0.4) is 0 Å². The monoisotopic (exact) mass is 282 g/mol. The van der Waals surface area contributed by atoms with Crippen molar-refractivity contribution in [1.82, 2.24) is 4.98 Å². The molecule has 0 radical (unpaired) electrons. The van der Waals surface area contributed by atoms with E-state index in [1.54, 1.807) is 6.07 Å². The summed E-state index contributed by atoms with van der Waals surface area (Å²) >= 11 is 0. The van der Waals surface area contributed by atoms with Crippen LogP contribution in [0, 0.1) is 13.8 Å². The van der Waals surface area contributed by atoms with Gasteiger partial charge in [0.2, 0.25) is 0 Å². The van der Waals surface area contributed by atoms with Gasteiger partial charge in [-0.15, -0.1) is 0 Å². The van der Waals surface area contributed by atoms with Gasteiger partial charge in [0.1, 0.15) is 5.56 Å². The number of carbonyl (C=O) groups is 1. The van der Waals surface area contributed by atoms with Crippen LogP contribution in [0.15, 0.2) is 29.1 Å². The highest BCUT2D eigenvalue weighted by atomic mass is 16.2. The standard InChI is InChI=1S/C17H18N2O2/c1-10-6-7-14(11(2)8-10)18-16(20)13-9-12-4-3-5-15(12)19-17(13)21/h6-9H,3-5H2,1-2H3,(H,18,20)(H,19,21). The number of benzene rings is 1. The molecule has 1 amide bonds. The van der Waals surface area contributed by atoms with E-state index in [2.05, 4.69) is 10.3 Å². The number of hydrogen-bond acceptors (Lipinski definition) is 2. The molecule has 0 atom stereocenters. The molecule has 0 spiro atoms. The minimum Gasteiger partial charge on any atom is -0.325 e. The SMILES string of the molecule is Cc1ccc(NC(=O)c2cc3c([nH]c2=O)CCC3)c(C)c1. The van der Waals surface area contributed by atoms with Gasteiger partial charge in [-0.1, -0.05) is 17.7 Å². The van der Waals surface area contributed by atoms with Crippen molar-refractivity contribution in [2.45, 2.75) is 33.1 Å². The van der Waals surface area contributed by atoms with Gasteiger partial charge in [-0.25, -0.2) is 0 Å².